The molecule has 28 heavy (non-hydrogen) atoms. The van der Waals surface area contributed by atoms with E-state index in [1.165, 1.54) is 0 Å². The first kappa shape index (κ1) is 18.5. The Morgan fingerprint density at radius 2 is 1.93 bits per heavy atom. The first-order chi connectivity index (χ1) is 13.5. The number of aromatic nitrogens is 2. The van der Waals surface area contributed by atoms with E-state index >= 15 is 0 Å². The van der Waals surface area contributed by atoms with Crippen LogP contribution in [0.2, 0.25) is 0 Å². The van der Waals surface area contributed by atoms with Crippen LogP contribution in [0.3, 0.4) is 0 Å². The van der Waals surface area contributed by atoms with Crippen LogP contribution in [0.4, 0.5) is 0 Å². The van der Waals surface area contributed by atoms with Gasteiger partial charge in [-0.3, -0.25) is 4.98 Å². The molecule has 0 aliphatic heterocycles. The van der Waals surface area contributed by atoms with Crippen LogP contribution in [0.25, 0.3) is 21.7 Å². The molecule has 0 bridgehead atoms. The van der Waals surface area contributed by atoms with Crippen LogP contribution >= 0.6 is 11.3 Å². The SMILES string of the molecule is Cc1nc(-c2ccc(S(=O)(=O)NCc3cncc(-c4cccs4)c3)cc2)co1. The summed E-state index contributed by atoms with van der Waals surface area (Å²) in [5.74, 6) is 0.562. The van der Waals surface area contributed by atoms with E-state index in [0.29, 0.717) is 11.6 Å². The monoisotopic (exact) mass is 411 g/mol. The van der Waals surface area contributed by atoms with Gasteiger partial charge in [-0.05, 0) is 35.2 Å². The fourth-order valence-electron chi connectivity index (χ4n) is 2.72. The van der Waals surface area contributed by atoms with Gasteiger partial charge in [0.2, 0.25) is 10.0 Å². The van der Waals surface area contributed by atoms with Gasteiger partial charge in [0.15, 0.2) is 5.89 Å². The lowest BCUT2D eigenvalue weighted by Crippen LogP contribution is -2.23. The molecular formula is C20H17N3O3S2. The van der Waals surface area contributed by atoms with E-state index in [4.69, 9.17) is 4.42 Å². The van der Waals surface area contributed by atoms with Gasteiger partial charge in [-0.25, -0.2) is 18.1 Å². The topological polar surface area (TPSA) is 85.1 Å². The van der Waals surface area contributed by atoms with Gasteiger partial charge in [0.1, 0.15) is 12.0 Å². The number of benzene rings is 1. The largest absolute Gasteiger partial charge is 0.449 e. The van der Waals surface area contributed by atoms with Gasteiger partial charge in [0, 0.05) is 41.9 Å². The first-order valence-corrected chi connectivity index (χ1v) is 10.9. The molecule has 0 spiro atoms. The summed E-state index contributed by atoms with van der Waals surface area (Å²) in [5.41, 5.74) is 3.23. The number of hydrogen-bond donors (Lipinski definition) is 1. The van der Waals surface area contributed by atoms with Crippen LogP contribution in [-0.2, 0) is 16.6 Å². The summed E-state index contributed by atoms with van der Waals surface area (Å²) in [5, 5.41) is 1.99. The molecule has 0 fully saturated rings. The van der Waals surface area contributed by atoms with E-state index in [-0.39, 0.29) is 11.4 Å². The molecular weight excluding hydrogens is 394 g/mol. The first-order valence-electron chi connectivity index (χ1n) is 8.51. The van der Waals surface area contributed by atoms with Gasteiger partial charge in [0.05, 0.1) is 4.90 Å². The zero-order chi connectivity index (χ0) is 19.6. The molecule has 0 saturated carbocycles. The lowest BCUT2D eigenvalue weighted by molar-refractivity contribution is 0.521. The van der Waals surface area contributed by atoms with Crippen LogP contribution in [0.1, 0.15) is 11.5 Å². The summed E-state index contributed by atoms with van der Waals surface area (Å²) in [6, 6.07) is 12.5. The van der Waals surface area contributed by atoms with Crippen molar-refractivity contribution in [3.8, 4) is 21.7 Å². The van der Waals surface area contributed by atoms with Gasteiger partial charge < -0.3 is 4.42 Å². The second-order valence-electron chi connectivity index (χ2n) is 6.16. The Morgan fingerprint density at radius 1 is 1.11 bits per heavy atom. The molecule has 1 aromatic carbocycles. The molecule has 142 valence electrons. The average molecular weight is 412 g/mol. The molecule has 0 radical (unpaired) electrons. The van der Waals surface area contributed by atoms with Crippen molar-refractivity contribution in [2.45, 2.75) is 18.4 Å². The predicted molar refractivity (Wildman–Crippen MR) is 108 cm³/mol. The van der Waals surface area contributed by atoms with Gasteiger partial charge in [-0.15, -0.1) is 11.3 Å². The molecule has 0 amide bonds. The molecule has 1 N–H and O–H groups in total. The highest BCUT2D eigenvalue weighted by Crippen LogP contribution is 2.25. The van der Waals surface area contributed by atoms with Crippen molar-refractivity contribution in [1.82, 2.24) is 14.7 Å². The molecule has 0 atom stereocenters. The number of nitrogens with one attached hydrogen (secondary N) is 1. The van der Waals surface area contributed by atoms with Crippen LogP contribution in [-0.4, -0.2) is 18.4 Å². The van der Waals surface area contributed by atoms with E-state index in [9.17, 15) is 8.42 Å². The Morgan fingerprint density at radius 3 is 2.61 bits per heavy atom. The number of sulfonamides is 1. The summed E-state index contributed by atoms with van der Waals surface area (Å²) in [6.07, 6.45) is 4.98. The second kappa shape index (κ2) is 7.67. The van der Waals surface area contributed by atoms with E-state index < -0.39 is 10.0 Å². The fourth-order valence-corrected chi connectivity index (χ4v) is 4.45. The molecule has 0 aliphatic carbocycles. The third-order valence-corrected chi connectivity index (χ3v) is 6.48. The summed E-state index contributed by atoms with van der Waals surface area (Å²) in [4.78, 5) is 9.74. The minimum absolute atomic E-state index is 0.165. The zero-order valence-corrected chi connectivity index (χ0v) is 16.6. The van der Waals surface area contributed by atoms with Crippen LogP contribution < -0.4 is 4.72 Å². The van der Waals surface area contributed by atoms with Gasteiger partial charge >= 0.3 is 0 Å². The lowest BCUT2D eigenvalue weighted by Gasteiger charge is -2.08. The minimum Gasteiger partial charge on any atom is -0.449 e. The number of oxazole rings is 1. The third kappa shape index (κ3) is 4.04. The van der Waals surface area contributed by atoms with Crippen molar-refractivity contribution < 1.29 is 12.8 Å². The normalized spacial score (nSPS) is 11.6. The summed E-state index contributed by atoms with van der Waals surface area (Å²) in [7, 11) is -3.64. The number of thiophene rings is 1. The fraction of sp³-hybridized carbons (Fsp3) is 0.100. The summed E-state index contributed by atoms with van der Waals surface area (Å²) < 4.78 is 33.0. The maximum absolute atomic E-state index is 12.6. The quantitative estimate of drug-likeness (QED) is 0.513. The predicted octanol–water partition coefficient (Wildman–Crippen LogP) is 4.25. The van der Waals surface area contributed by atoms with Crippen LogP contribution in [0.5, 0.6) is 0 Å². The molecule has 0 aliphatic rings. The van der Waals surface area contributed by atoms with Crippen LogP contribution in [0.15, 0.2) is 75.8 Å². The molecule has 6 nitrogen and oxygen atoms in total. The zero-order valence-electron chi connectivity index (χ0n) is 15.0. The smallest absolute Gasteiger partial charge is 0.240 e. The van der Waals surface area contributed by atoms with Crippen molar-refractivity contribution in [2.75, 3.05) is 0 Å². The summed E-state index contributed by atoms with van der Waals surface area (Å²) >= 11 is 1.62. The maximum atomic E-state index is 12.6. The molecule has 3 heterocycles. The number of rotatable bonds is 6. The lowest BCUT2D eigenvalue weighted by atomic mass is 10.2. The highest BCUT2D eigenvalue weighted by molar-refractivity contribution is 7.89. The molecule has 4 rings (SSSR count). The standard InChI is InChI=1S/C20H17N3O3S2/c1-14-23-19(13-26-14)16-4-6-18(7-5-16)28(24,25)22-11-15-9-17(12-21-10-15)20-3-2-8-27-20/h2-10,12-13,22H,11H2,1H3. The Bertz CT molecular complexity index is 1180. The van der Waals surface area contributed by atoms with E-state index in [1.807, 2.05) is 23.6 Å². The number of pyridine rings is 1. The van der Waals surface area contributed by atoms with Gasteiger partial charge in [0.25, 0.3) is 0 Å². The van der Waals surface area contributed by atoms with Gasteiger partial charge in [-0.1, -0.05) is 18.2 Å². The van der Waals surface area contributed by atoms with Crippen molar-refractivity contribution in [3.05, 3.63) is 78.0 Å². The molecule has 0 unspecified atom stereocenters. The van der Waals surface area contributed by atoms with Crippen molar-refractivity contribution >= 4 is 21.4 Å². The molecule has 3 aromatic heterocycles. The molecule has 4 aromatic rings. The highest BCUT2D eigenvalue weighted by atomic mass is 32.2. The van der Waals surface area contributed by atoms with E-state index in [2.05, 4.69) is 14.7 Å². The Labute approximate surface area is 167 Å². The number of nitrogens with zero attached hydrogens (tertiary/aromatic N) is 2. The van der Waals surface area contributed by atoms with Gasteiger partial charge in [-0.2, -0.15) is 0 Å². The van der Waals surface area contributed by atoms with E-state index in [1.54, 1.807) is 61.2 Å². The molecule has 0 saturated heterocycles. The van der Waals surface area contributed by atoms with E-state index in [0.717, 1.165) is 21.6 Å². The maximum Gasteiger partial charge on any atom is 0.240 e. The minimum atomic E-state index is -3.64. The Hall–Kier alpha value is -2.81. The Kier molecular flexibility index (Phi) is 5.08. The summed E-state index contributed by atoms with van der Waals surface area (Å²) in [6.45, 7) is 1.92. The number of hydrogen-bond acceptors (Lipinski definition) is 6. The molecule has 8 heteroatoms. The average Bonchev–Trinajstić information content (AvgIpc) is 3.39. The Balaban J connectivity index is 1.48. The van der Waals surface area contributed by atoms with Crippen molar-refractivity contribution in [2.24, 2.45) is 0 Å². The second-order valence-corrected chi connectivity index (χ2v) is 8.87. The van der Waals surface area contributed by atoms with Crippen LogP contribution in [0, 0.1) is 6.92 Å². The highest BCUT2D eigenvalue weighted by Gasteiger charge is 2.15. The number of aryl methyl sites for hydroxylation is 1. The third-order valence-electron chi connectivity index (χ3n) is 4.15. The van der Waals surface area contributed by atoms with Crippen molar-refractivity contribution in [1.29, 1.82) is 0 Å². The van der Waals surface area contributed by atoms with Crippen molar-refractivity contribution in [3.63, 3.8) is 0 Å².